The maximum Gasteiger partial charge on any atom is 0.253 e. The summed E-state index contributed by atoms with van der Waals surface area (Å²) in [4.78, 5) is 14.6. The van der Waals surface area contributed by atoms with Gasteiger partial charge in [-0.05, 0) is 31.4 Å². The van der Waals surface area contributed by atoms with E-state index in [2.05, 4.69) is 25.5 Å². The molecule has 0 bridgehead atoms. The molecule has 1 rings (SSSR count). The highest BCUT2D eigenvalue weighted by Crippen LogP contribution is 2.07. The van der Waals surface area contributed by atoms with Crippen LogP contribution in [0.4, 0.5) is 0 Å². The fourth-order valence-electron chi connectivity index (χ4n) is 1.46. The van der Waals surface area contributed by atoms with E-state index in [1.54, 1.807) is 13.0 Å². The lowest BCUT2D eigenvalue weighted by Gasteiger charge is -2.07. The summed E-state index contributed by atoms with van der Waals surface area (Å²) in [5.41, 5.74) is 10.1. The largest absolute Gasteiger partial charge is 0.352 e. The summed E-state index contributed by atoms with van der Waals surface area (Å²) >= 11 is 0. The highest BCUT2D eigenvalue weighted by atomic mass is 16.1. The average Bonchev–Trinajstić information content (AvgIpc) is 2.38. The molecular weight excluding hydrogens is 232 g/mol. The normalized spacial score (nSPS) is 9.67. The number of azide groups is 1. The van der Waals surface area contributed by atoms with E-state index >= 15 is 0 Å². The third-order valence-electron chi connectivity index (χ3n) is 2.36. The quantitative estimate of drug-likeness (QED) is 0.359. The van der Waals surface area contributed by atoms with Gasteiger partial charge in [-0.2, -0.15) is 10.2 Å². The number of hydrogen-bond donors (Lipinski definition) is 1. The Bertz CT molecular complexity index is 467. The van der Waals surface area contributed by atoms with Gasteiger partial charge in [0.15, 0.2) is 0 Å². The number of nitrogens with one attached hydrogen (secondary N) is 1. The molecule has 0 saturated heterocycles. The van der Waals surface area contributed by atoms with Crippen LogP contribution in [-0.2, 0) is 6.42 Å². The predicted molar refractivity (Wildman–Crippen MR) is 67.1 cm³/mol. The second-order valence-electron chi connectivity index (χ2n) is 3.76. The molecule has 1 amide bonds. The number of nitrogens with zero attached hydrogens (tertiary/aromatic N) is 5. The Morgan fingerprint density at radius 1 is 1.56 bits per heavy atom. The summed E-state index contributed by atoms with van der Waals surface area (Å²) in [5.74, 6) is -0.161. The summed E-state index contributed by atoms with van der Waals surface area (Å²) < 4.78 is 0. The van der Waals surface area contributed by atoms with Gasteiger partial charge < -0.3 is 5.32 Å². The van der Waals surface area contributed by atoms with Crippen LogP contribution < -0.4 is 5.32 Å². The van der Waals surface area contributed by atoms with Gasteiger partial charge >= 0.3 is 0 Å². The second-order valence-corrected chi connectivity index (χ2v) is 3.76. The van der Waals surface area contributed by atoms with E-state index in [-0.39, 0.29) is 5.91 Å². The van der Waals surface area contributed by atoms with Crippen LogP contribution in [0, 0.1) is 6.92 Å². The van der Waals surface area contributed by atoms with Crippen LogP contribution in [0.2, 0.25) is 0 Å². The Labute approximate surface area is 105 Å². The van der Waals surface area contributed by atoms with E-state index in [1.165, 1.54) is 0 Å². The standard InChI is InChI=1S/C11H16N6O/c1-3-10-9(7-8(2)15-16-10)11(18)13-5-4-6-14-17-12/h7H,3-6H2,1-2H3,(H,13,18). The number of rotatable bonds is 6. The fraction of sp³-hybridized carbons (Fsp3) is 0.545. The molecule has 0 fully saturated rings. The lowest BCUT2D eigenvalue weighted by atomic mass is 10.1. The van der Waals surface area contributed by atoms with E-state index < -0.39 is 0 Å². The van der Waals surface area contributed by atoms with Gasteiger partial charge in [-0.25, -0.2) is 0 Å². The molecule has 0 aliphatic heterocycles. The first-order valence-electron chi connectivity index (χ1n) is 5.81. The van der Waals surface area contributed by atoms with E-state index in [1.807, 2.05) is 6.92 Å². The van der Waals surface area contributed by atoms with E-state index in [9.17, 15) is 4.79 Å². The highest BCUT2D eigenvalue weighted by molar-refractivity contribution is 5.95. The van der Waals surface area contributed by atoms with Crippen LogP contribution in [-0.4, -0.2) is 29.2 Å². The third kappa shape index (κ3) is 4.03. The molecule has 0 aliphatic rings. The zero-order chi connectivity index (χ0) is 13.4. The molecule has 0 radical (unpaired) electrons. The molecule has 0 unspecified atom stereocenters. The van der Waals surface area contributed by atoms with Crippen LogP contribution >= 0.6 is 0 Å². The summed E-state index contributed by atoms with van der Waals surface area (Å²) in [6, 6.07) is 1.73. The van der Waals surface area contributed by atoms with Crippen molar-refractivity contribution in [3.05, 3.63) is 33.5 Å². The molecule has 0 saturated carbocycles. The van der Waals surface area contributed by atoms with Crippen molar-refractivity contribution >= 4 is 5.91 Å². The van der Waals surface area contributed by atoms with Gasteiger partial charge in [0.1, 0.15) is 0 Å². The lowest BCUT2D eigenvalue weighted by molar-refractivity contribution is 0.0951. The van der Waals surface area contributed by atoms with Crippen LogP contribution in [0.25, 0.3) is 10.4 Å². The maximum atomic E-state index is 11.9. The molecule has 0 atom stereocenters. The van der Waals surface area contributed by atoms with Crippen molar-refractivity contribution in [1.82, 2.24) is 15.5 Å². The van der Waals surface area contributed by atoms with Gasteiger partial charge in [-0.1, -0.05) is 12.0 Å². The Morgan fingerprint density at radius 3 is 3.00 bits per heavy atom. The SMILES string of the molecule is CCc1nnc(C)cc1C(=O)NCCCN=[N+]=[N-]. The molecule has 1 N–H and O–H groups in total. The zero-order valence-electron chi connectivity index (χ0n) is 10.6. The minimum Gasteiger partial charge on any atom is -0.352 e. The van der Waals surface area contributed by atoms with E-state index in [0.29, 0.717) is 42.9 Å². The number of hydrogen-bond acceptors (Lipinski definition) is 4. The Hall–Kier alpha value is -2.14. The molecular formula is C11H16N6O. The maximum absolute atomic E-state index is 11.9. The van der Waals surface area contributed by atoms with Crippen molar-refractivity contribution in [2.45, 2.75) is 26.7 Å². The summed E-state index contributed by atoms with van der Waals surface area (Å²) in [6.45, 7) is 4.58. The summed E-state index contributed by atoms with van der Waals surface area (Å²) in [7, 11) is 0. The number of amides is 1. The molecule has 1 aromatic rings. The molecule has 0 spiro atoms. The minimum absolute atomic E-state index is 0.161. The molecule has 7 nitrogen and oxygen atoms in total. The van der Waals surface area contributed by atoms with E-state index in [0.717, 1.165) is 0 Å². The minimum atomic E-state index is -0.161. The molecule has 7 heteroatoms. The Kier molecular flexibility index (Phi) is 5.60. The smallest absolute Gasteiger partial charge is 0.253 e. The zero-order valence-corrected chi connectivity index (χ0v) is 10.6. The third-order valence-corrected chi connectivity index (χ3v) is 2.36. The monoisotopic (exact) mass is 248 g/mol. The van der Waals surface area contributed by atoms with Crippen molar-refractivity contribution in [2.75, 3.05) is 13.1 Å². The number of aryl methyl sites for hydroxylation is 2. The molecule has 0 aromatic carbocycles. The Morgan fingerprint density at radius 2 is 2.33 bits per heavy atom. The van der Waals surface area contributed by atoms with Crippen molar-refractivity contribution in [3.8, 4) is 0 Å². The number of carbonyl (C=O) groups is 1. The van der Waals surface area contributed by atoms with E-state index in [4.69, 9.17) is 5.53 Å². The topological polar surface area (TPSA) is 104 Å². The fourth-order valence-corrected chi connectivity index (χ4v) is 1.46. The average molecular weight is 248 g/mol. The molecule has 1 heterocycles. The van der Waals surface area contributed by atoms with Crippen molar-refractivity contribution in [3.63, 3.8) is 0 Å². The first-order valence-corrected chi connectivity index (χ1v) is 5.81. The first kappa shape index (κ1) is 13.9. The van der Waals surface area contributed by atoms with Gasteiger partial charge in [-0.15, -0.1) is 0 Å². The van der Waals surface area contributed by atoms with Gasteiger partial charge in [0.25, 0.3) is 5.91 Å². The van der Waals surface area contributed by atoms with Crippen molar-refractivity contribution in [2.24, 2.45) is 5.11 Å². The lowest BCUT2D eigenvalue weighted by Crippen LogP contribution is -2.26. The molecule has 96 valence electrons. The highest BCUT2D eigenvalue weighted by Gasteiger charge is 2.11. The van der Waals surface area contributed by atoms with Crippen molar-refractivity contribution in [1.29, 1.82) is 0 Å². The van der Waals surface area contributed by atoms with Crippen molar-refractivity contribution < 1.29 is 4.79 Å². The Balaban J connectivity index is 2.60. The number of aromatic nitrogens is 2. The second kappa shape index (κ2) is 7.24. The van der Waals surface area contributed by atoms with Crippen LogP contribution in [0.15, 0.2) is 11.2 Å². The van der Waals surface area contributed by atoms with Gasteiger partial charge in [0.05, 0.1) is 17.0 Å². The predicted octanol–water partition coefficient (Wildman–Crippen LogP) is 1.78. The van der Waals surface area contributed by atoms with Gasteiger partial charge in [0.2, 0.25) is 0 Å². The van der Waals surface area contributed by atoms with Crippen LogP contribution in [0.5, 0.6) is 0 Å². The van der Waals surface area contributed by atoms with Gasteiger partial charge in [-0.3, -0.25) is 4.79 Å². The summed E-state index contributed by atoms with van der Waals surface area (Å²) in [6.07, 6.45) is 1.28. The molecule has 18 heavy (non-hydrogen) atoms. The van der Waals surface area contributed by atoms with Gasteiger partial charge in [0, 0.05) is 18.0 Å². The number of carbonyl (C=O) groups excluding carboxylic acids is 1. The molecule has 1 aromatic heterocycles. The first-order chi connectivity index (χ1) is 8.69. The summed E-state index contributed by atoms with van der Waals surface area (Å²) in [5, 5.41) is 14.1. The molecule has 0 aliphatic carbocycles. The van der Waals surface area contributed by atoms with Crippen LogP contribution in [0.1, 0.15) is 35.1 Å². The van der Waals surface area contributed by atoms with Crippen LogP contribution in [0.3, 0.4) is 0 Å².